The van der Waals surface area contributed by atoms with Crippen molar-refractivity contribution in [2.45, 2.75) is 38.6 Å². The summed E-state index contributed by atoms with van der Waals surface area (Å²) in [6, 6.07) is 9.28. The normalized spacial score (nSPS) is 15.3. The largest absolute Gasteiger partial charge is 0.305 e. The molecule has 1 aromatic heterocycles. The number of aromatic nitrogens is 2. The summed E-state index contributed by atoms with van der Waals surface area (Å²) in [5, 5.41) is 8.22. The fourth-order valence-corrected chi connectivity index (χ4v) is 3.04. The third-order valence-electron chi connectivity index (χ3n) is 4.08. The topological polar surface area (TPSA) is 29.9 Å². The summed E-state index contributed by atoms with van der Waals surface area (Å²) < 4.78 is 1.88. The first kappa shape index (κ1) is 13.4. The molecule has 3 heteroatoms. The van der Waals surface area contributed by atoms with Gasteiger partial charge in [0, 0.05) is 13.2 Å². The van der Waals surface area contributed by atoms with Crippen LogP contribution in [-0.2, 0) is 19.9 Å². The highest BCUT2D eigenvalue weighted by molar-refractivity contribution is 5.38. The standard InChI is InChI=1S/C17H23N3/c1-3-10-18-17(16-9-11-20(2)19-16)15-8-7-13-5-4-6-14(13)12-15/h7-9,11-12,17-18H,3-6,10H2,1-2H3. The smallest absolute Gasteiger partial charge is 0.0839 e. The lowest BCUT2D eigenvalue weighted by molar-refractivity contribution is 0.575. The summed E-state index contributed by atoms with van der Waals surface area (Å²) >= 11 is 0. The molecule has 20 heavy (non-hydrogen) atoms. The minimum Gasteiger partial charge on any atom is -0.305 e. The van der Waals surface area contributed by atoms with Crippen molar-refractivity contribution in [3.05, 3.63) is 52.8 Å². The Bertz CT molecular complexity index is 586. The summed E-state index contributed by atoms with van der Waals surface area (Å²) in [4.78, 5) is 0. The Kier molecular flexibility index (Phi) is 3.88. The maximum absolute atomic E-state index is 4.59. The molecule has 0 aliphatic heterocycles. The average molecular weight is 269 g/mol. The van der Waals surface area contributed by atoms with Crippen LogP contribution in [0.2, 0.25) is 0 Å². The van der Waals surface area contributed by atoms with Crippen molar-refractivity contribution in [1.82, 2.24) is 15.1 Å². The van der Waals surface area contributed by atoms with E-state index >= 15 is 0 Å². The van der Waals surface area contributed by atoms with Crippen molar-refractivity contribution < 1.29 is 0 Å². The molecular weight excluding hydrogens is 246 g/mol. The second-order valence-electron chi connectivity index (χ2n) is 5.68. The second kappa shape index (κ2) is 5.80. The number of rotatable bonds is 5. The van der Waals surface area contributed by atoms with Gasteiger partial charge in [0.25, 0.3) is 0 Å². The fraction of sp³-hybridized carbons (Fsp3) is 0.471. The van der Waals surface area contributed by atoms with Crippen LogP contribution in [0.25, 0.3) is 0 Å². The fourth-order valence-electron chi connectivity index (χ4n) is 3.04. The van der Waals surface area contributed by atoms with Crippen LogP contribution in [-0.4, -0.2) is 16.3 Å². The summed E-state index contributed by atoms with van der Waals surface area (Å²) in [5.41, 5.74) is 5.52. The van der Waals surface area contributed by atoms with E-state index in [-0.39, 0.29) is 6.04 Å². The van der Waals surface area contributed by atoms with Gasteiger partial charge in [0.1, 0.15) is 0 Å². The van der Waals surface area contributed by atoms with Gasteiger partial charge in [0.05, 0.1) is 11.7 Å². The molecule has 3 nitrogen and oxygen atoms in total. The van der Waals surface area contributed by atoms with E-state index in [0.717, 1.165) is 18.7 Å². The summed E-state index contributed by atoms with van der Waals surface area (Å²) in [6.45, 7) is 3.21. The van der Waals surface area contributed by atoms with Crippen LogP contribution >= 0.6 is 0 Å². The van der Waals surface area contributed by atoms with Gasteiger partial charge in [-0.1, -0.05) is 25.1 Å². The Balaban J connectivity index is 1.92. The number of fused-ring (bicyclic) bond motifs is 1. The Morgan fingerprint density at radius 1 is 1.25 bits per heavy atom. The number of aryl methyl sites for hydroxylation is 3. The third kappa shape index (κ3) is 2.63. The zero-order valence-electron chi connectivity index (χ0n) is 12.4. The van der Waals surface area contributed by atoms with E-state index in [1.165, 1.54) is 36.0 Å². The van der Waals surface area contributed by atoms with Gasteiger partial charge in [-0.2, -0.15) is 5.10 Å². The highest BCUT2D eigenvalue weighted by Gasteiger charge is 2.18. The molecule has 2 aromatic rings. The number of hydrogen-bond donors (Lipinski definition) is 1. The first-order valence-corrected chi connectivity index (χ1v) is 7.62. The van der Waals surface area contributed by atoms with Gasteiger partial charge in [0.2, 0.25) is 0 Å². The van der Waals surface area contributed by atoms with Crippen molar-refractivity contribution in [1.29, 1.82) is 0 Å². The Hall–Kier alpha value is -1.61. The molecule has 1 N–H and O–H groups in total. The molecule has 0 radical (unpaired) electrons. The molecule has 0 saturated carbocycles. The third-order valence-corrected chi connectivity index (χ3v) is 4.08. The van der Waals surface area contributed by atoms with E-state index in [0.29, 0.717) is 0 Å². The van der Waals surface area contributed by atoms with Gasteiger partial charge in [-0.15, -0.1) is 0 Å². The highest BCUT2D eigenvalue weighted by atomic mass is 15.3. The van der Waals surface area contributed by atoms with Crippen LogP contribution in [0.5, 0.6) is 0 Å². The van der Waals surface area contributed by atoms with Crippen LogP contribution in [0, 0.1) is 0 Å². The monoisotopic (exact) mass is 269 g/mol. The van der Waals surface area contributed by atoms with Crippen molar-refractivity contribution in [3.8, 4) is 0 Å². The van der Waals surface area contributed by atoms with Gasteiger partial charge in [-0.3, -0.25) is 4.68 Å². The maximum Gasteiger partial charge on any atom is 0.0839 e. The average Bonchev–Trinajstić information content (AvgIpc) is 3.07. The highest BCUT2D eigenvalue weighted by Crippen LogP contribution is 2.27. The number of benzene rings is 1. The van der Waals surface area contributed by atoms with Crippen LogP contribution in [0.1, 0.15) is 48.2 Å². The molecule has 1 unspecified atom stereocenters. The Labute approximate surface area is 121 Å². The minimum atomic E-state index is 0.210. The quantitative estimate of drug-likeness (QED) is 0.904. The predicted molar refractivity (Wildman–Crippen MR) is 81.8 cm³/mol. The molecule has 1 aromatic carbocycles. The van der Waals surface area contributed by atoms with E-state index in [2.05, 4.69) is 41.6 Å². The van der Waals surface area contributed by atoms with Gasteiger partial charge in [-0.05, 0) is 55.0 Å². The van der Waals surface area contributed by atoms with Gasteiger partial charge in [-0.25, -0.2) is 0 Å². The molecule has 0 saturated heterocycles. The Morgan fingerprint density at radius 2 is 2.10 bits per heavy atom. The lowest BCUT2D eigenvalue weighted by Gasteiger charge is -2.18. The van der Waals surface area contributed by atoms with Crippen molar-refractivity contribution >= 4 is 0 Å². The van der Waals surface area contributed by atoms with Crippen LogP contribution in [0.15, 0.2) is 30.5 Å². The van der Waals surface area contributed by atoms with Gasteiger partial charge < -0.3 is 5.32 Å². The van der Waals surface area contributed by atoms with Gasteiger partial charge >= 0.3 is 0 Å². The van der Waals surface area contributed by atoms with Gasteiger partial charge in [0.15, 0.2) is 0 Å². The maximum atomic E-state index is 4.59. The first-order chi connectivity index (χ1) is 9.78. The van der Waals surface area contributed by atoms with Crippen molar-refractivity contribution in [3.63, 3.8) is 0 Å². The van der Waals surface area contributed by atoms with Crippen LogP contribution in [0.4, 0.5) is 0 Å². The Morgan fingerprint density at radius 3 is 2.85 bits per heavy atom. The van der Waals surface area contributed by atoms with Crippen LogP contribution < -0.4 is 5.32 Å². The SMILES string of the molecule is CCCNC(c1ccc2c(c1)CCC2)c1ccn(C)n1. The molecule has 0 bridgehead atoms. The van der Waals surface area contributed by atoms with E-state index in [9.17, 15) is 0 Å². The molecule has 106 valence electrons. The summed E-state index contributed by atoms with van der Waals surface area (Å²) in [7, 11) is 1.98. The molecule has 3 rings (SSSR count). The summed E-state index contributed by atoms with van der Waals surface area (Å²) in [6.07, 6.45) is 6.92. The second-order valence-corrected chi connectivity index (χ2v) is 5.68. The molecule has 1 atom stereocenters. The van der Waals surface area contributed by atoms with E-state index < -0.39 is 0 Å². The lowest BCUT2D eigenvalue weighted by Crippen LogP contribution is -2.24. The number of hydrogen-bond acceptors (Lipinski definition) is 2. The molecule has 1 aliphatic rings. The molecule has 1 aliphatic carbocycles. The van der Waals surface area contributed by atoms with E-state index in [1.807, 2.05) is 17.9 Å². The molecule has 0 spiro atoms. The number of nitrogens with one attached hydrogen (secondary N) is 1. The van der Waals surface area contributed by atoms with Crippen LogP contribution in [0.3, 0.4) is 0 Å². The molecular formula is C17H23N3. The van der Waals surface area contributed by atoms with Crippen molar-refractivity contribution in [2.24, 2.45) is 7.05 Å². The number of nitrogens with zero attached hydrogens (tertiary/aromatic N) is 2. The lowest BCUT2D eigenvalue weighted by atomic mass is 9.99. The molecule has 0 fully saturated rings. The molecule has 0 amide bonds. The zero-order valence-corrected chi connectivity index (χ0v) is 12.4. The first-order valence-electron chi connectivity index (χ1n) is 7.62. The van der Waals surface area contributed by atoms with E-state index in [1.54, 1.807) is 0 Å². The summed E-state index contributed by atoms with van der Waals surface area (Å²) in [5.74, 6) is 0. The zero-order chi connectivity index (χ0) is 13.9. The van der Waals surface area contributed by atoms with Crippen molar-refractivity contribution in [2.75, 3.05) is 6.54 Å². The minimum absolute atomic E-state index is 0.210. The van der Waals surface area contributed by atoms with E-state index in [4.69, 9.17) is 0 Å². The molecule has 1 heterocycles. The predicted octanol–water partition coefficient (Wildman–Crippen LogP) is 3.00.